The first-order valence-corrected chi connectivity index (χ1v) is 8.49. The molecule has 0 saturated carbocycles. The van der Waals surface area contributed by atoms with Crippen molar-refractivity contribution in [2.24, 2.45) is 0 Å². The highest BCUT2D eigenvalue weighted by Gasteiger charge is 2.43. The summed E-state index contributed by atoms with van der Waals surface area (Å²) in [6.45, 7) is 4.47. The van der Waals surface area contributed by atoms with E-state index in [1.165, 1.54) is 17.9 Å². The molecule has 2 heterocycles. The third-order valence-electron chi connectivity index (χ3n) is 4.46. The Labute approximate surface area is 146 Å². The molecule has 5 nitrogen and oxygen atoms in total. The van der Waals surface area contributed by atoms with E-state index in [1.807, 2.05) is 31.2 Å². The van der Waals surface area contributed by atoms with E-state index in [-0.39, 0.29) is 11.3 Å². The van der Waals surface area contributed by atoms with Gasteiger partial charge in [0.1, 0.15) is 0 Å². The Bertz CT molecular complexity index is 803. The Balaban J connectivity index is 2.07. The molecule has 0 fully saturated rings. The van der Waals surface area contributed by atoms with Gasteiger partial charge >= 0.3 is 0 Å². The van der Waals surface area contributed by atoms with Crippen LogP contribution in [0.1, 0.15) is 48.0 Å². The summed E-state index contributed by atoms with van der Waals surface area (Å²) < 4.78 is 5.18. The minimum absolute atomic E-state index is 0.0812. The van der Waals surface area contributed by atoms with Gasteiger partial charge in [0.2, 0.25) is 5.78 Å². The number of amides is 1. The van der Waals surface area contributed by atoms with E-state index >= 15 is 0 Å². The van der Waals surface area contributed by atoms with Gasteiger partial charge in [-0.1, -0.05) is 38.1 Å². The standard InChI is InChI=1S/C20H21NO4/c1-3-11-21-17(14-9-7-13(4-2)8-10-14)16(19(23)20(21)24)18(22)15-6-5-12-25-15/h5-10,12,17,23H,3-4,11H2,1-2H3. The van der Waals surface area contributed by atoms with Crippen LogP contribution in [0.4, 0.5) is 0 Å². The molecule has 1 aliphatic rings. The van der Waals surface area contributed by atoms with Gasteiger partial charge < -0.3 is 14.4 Å². The summed E-state index contributed by atoms with van der Waals surface area (Å²) in [5, 5.41) is 10.4. The number of ketones is 1. The molecule has 0 spiro atoms. The lowest BCUT2D eigenvalue weighted by Crippen LogP contribution is -2.31. The number of aliphatic hydroxyl groups is 1. The lowest BCUT2D eigenvalue weighted by molar-refractivity contribution is -0.129. The average molecular weight is 339 g/mol. The second-order valence-electron chi connectivity index (χ2n) is 6.06. The van der Waals surface area contributed by atoms with Gasteiger partial charge in [-0.2, -0.15) is 0 Å². The third kappa shape index (κ3) is 2.97. The largest absolute Gasteiger partial charge is 0.503 e. The van der Waals surface area contributed by atoms with Gasteiger partial charge in [-0.15, -0.1) is 0 Å². The van der Waals surface area contributed by atoms with Crippen LogP contribution in [0, 0.1) is 0 Å². The van der Waals surface area contributed by atoms with Crippen LogP contribution in [-0.2, 0) is 11.2 Å². The van der Waals surface area contributed by atoms with Gasteiger partial charge in [0.25, 0.3) is 5.91 Å². The zero-order valence-electron chi connectivity index (χ0n) is 14.4. The Kier molecular flexibility index (Phi) is 4.74. The number of aliphatic hydroxyl groups excluding tert-OH is 1. The van der Waals surface area contributed by atoms with E-state index in [9.17, 15) is 14.7 Å². The van der Waals surface area contributed by atoms with Crippen molar-refractivity contribution < 1.29 is 19.1 Å². The Hall–Kier alpha value is -2.82. The molecular weight excluding hydrogens is 318 g/mol. The van der Waals surface area contributed by atoms with Crippen molar-refractivity contribution in [2.45, 2.75) is 32.7 Å². The van der Waals surface area contributed by atoms with E-state index < -0.39 is 23.5 Å². The van der Waals surface area contributed by atoms with Crippen molar-refractivity contribution in [1.29, 1.82) is 0 Å². The van der Waals surface area contributed by atoms with Crippen LogP contribution in [0.3, 0.4) is 0 Å². The zero-order valence-corrected chi connectivity index (χ0v) is 14.4. The van der Waals surface area contributed by atoms with Gasteiger partial charge in [-0.25, -0.2) is 0 Å². The highest BCUT2D eigenvalue weighted by molar-refractivity contribution is 6.14. The number of carbonyl (C=O) groups excluding carboxylic acids is 2. The number of hydrogen-bond acceptors (Lipinski definition) is 4. The highest BCUT2D eigenvalue weighted by Crippen LogP contribution is 2.39. The van der Waals surface area contributed by atoms with Gasteiger partial charge in [-0.3, -0.25) is 9.59 Å². The van der Waals surface area contributed by atoms with Crippen LogP contribution >= 0.6 is 0 Å². The van der Waals surface area contributed by atoms with Gasteiger partial charge in [0.15, 0.2) is 11.5 Å². The maximum absolute atomic E-state index is 12.8. The number of carbonyl (C=O) groups is 2. The lowest BCUT2D eigenvalue weighted by atomic mass is 9.94. The summed E-state index contributed by atoms with van der Waals surface area (Å²) in [5.74, 6) is -1.34. The Morgan fingerprint density at radius 1 is 1.20 bits per heavy atom. The predicted octanol–water partition coefficient (Wildman–Crippen LogP) is 3.83. The average Bonchev–Trinajstić information content (AvgIpc) is 3.25. The number of furan rings is 1. The molecule has 130 valence electrons. The fourth-order valence-electron chi connectivity index (χ4n) is 3.18. The first kappa shape index (κ1) is 17.0. The molecule has 0 aliphatic carbocycles. The number of benzene rings is 1. The van der Waals surface area contributed by atoms with E-state index in [4.69, 9.17) is 4.42 Å². The van der Waals surface area contributed by atoms with Crippen molar-refractivity contribution in [3.63, 3.8) is 0 Å². The van der Waals surface area contributed by atoms with E-state index in [0.717, 1.165) is 18.4 Å². The van der Waals surface area contributed by atoms with Crippen LogP contribution in [-0.4, -0.2) is 28.2 Å². The topological polar surface area (TPSA) is 70.8 Å². The number of nitrogens with zero attached hydrogens (tertiary/aromatic N) is 1. The second-order valence-corrected chi connectivity index (χ2v) is 6.06. The van der Waals surface area contributed by atoms with Crippen LogP contribution < -0.4 is 0 Å². The second kappa shape index (κ2) is 6.97. The molecule has 3 rings (SSSR count). The van der Waals surface area contributed by atoms with Crippen LogP contribution in [0.25, 0.3) is 0 Å². The molecule has 2 aromatic rings. The minimum atomic E-state index is -0.601. The van der Waals surface area contributed by atoms with E-state index in [2.05, 4.69) is 6.92 Å². The highest BCUT2D eigenvalue weighted by atomic mass is 16.3. The smallest absolute Gasteiger partial charge is 0.290 e. The fourth-order valence-corrected chi connectivity index (χ4v) is 3.18. The van der Waals surface area contributed by atoms with Crippen LogP contribution in [0.5, 0.6) is 0 Å². The molecular formula is C20H21NO4. The van der Waals surface area contributed by atoms with Gasteiger partial charge in [0, 0.05) is 6.54 Å². The maximum atomic E-state index is 12.8. The lowest BCUT2D eigenvalue weighted by Gasteiger charge is -2.26. The minimum Gasteiger partial charge on any atom is -0.503 e. The van der Waals surface area contributed by atoms with Crippen LogP contribution in [0.15, 0.2) is 58.4 Å². The van der Waals surface area contributed by atoms with Crippen LogP contribution in [0.2, 0.25) is 0 Å². The molecule has 1 atom stereocenters. The van der Waals surface area contributed by atoms with Crippen molar-refractivity contribution in [1.82, 2.24) is 4.90 Å². The summed E-state index contributed by atoms with van der Waals surface area (Å²) in [7, 11) is 0. The molecule has 1 aromatic carbocycles. The van der Waals surface area contributed by atoms with Crippen molar-refractivity contribution in [3.8, 4) is 0 Å². The Morgan fingerprint density at radius 3 is 2.48 bits per heavy atom. The fraction of sp³-hybridized carbons (Fsp3) is 0.300. The molecule has 0 radical (unpaired) electrons. The Morgan fingerprint density at radius 2 is 1.92 bits per heavy atom. The number of hydrogen-bond donors (Lipinski definition) is 1. The van der Waals surface area contributed by atoms with Gasteiger partial charge in [0.05, 0.1) is 17.9 Å². The quantitative estimate of drug-likeness (QED) is 0.812. The predicted molar refractivity (Wildman–Crippen MR) is 93.3 cm³/mol. The summed E-state index contributed by atoms with van der Waals surface area (Å²) >= 11 is 0. The molecule has 1 aromatic heterocycles. The summed E-state index contributed by atoms with van der Waals surface area (Å²) in [5.41, 5.74) is 2.05. The molecule has 5 heteroatoms. The molecule has 1 unspecified atom stereocenters. The zero-order chi connectivity index (χ0) is 18.0. The molecule has 0 bridgehead atoms. The van der Waals surface area contributed by atoms with E-state index in [0.29, 0.717) is 6.54 Å². The third-order valence-corrected chi connectivity index (χ3v) is 4.46. The number of rotatable bonds is 6. The molecule has 1 aliphatic heterocycles. The summed E-state index contributed by atoms with van der Waals surface area (Å²) in [6, 6.07) is 10.3. The van der Waals surface area contributed by atoms with Crippen molar-refractivity contribution in [2.75, 3.05) is 6.54 Å². The monoisotopic (exact) mass is 339 g/mol. The number of aryl methyl sites for hydroxylation is 1. The maximum Gasteiger partial charge on any atom is 0.290 e. The first-order valence-electron chi connectivity index (χ1n) is 8.49. The molecule has 0 saturated heterocycles. The van der Waals surface area contributed by atoms with E-state index in [1.54, 1.807) is 11.0 Å². The van der Waals surface area contributed by atoms with Crippen molar-refractivity contribution >= 4 is 11.7 Å². The SMILES string of the molecule is CCCN1C(=O)C(O)=C(C(=O)c2ccco2)C1c1ccc(CC)cc1. The molecule has 1 N–H and O–H groups in total. The number of Topliss-reactive ketones (excluding diaryl/α,β-unsaturated/α-hetero) is 1. The molecule has 1 amide bonds. The normalized spacial score (nSPS) is 17.4. The summed E-state index contributed by atoms with van der Waals surface area (Å²) in [6.07, 6.45) is 3.03. The molecule has 25 heavy (non-hydrogen) atoms. The first-order chi connectivity index (χ1) is 12.1. The summed E-state index contributed by atoms with van der Waals surface area (Å²) in [4.78, 5) is 26.9. The van der Waals surface area contributed by atoms with Crippen molar-refractivity contribution in [3.05, 3.63) is 70.9 Å². The van der Waals surface area contributed by atoms with Gasteiger partial charge in [-0.05, 0) is 36.1 Å².